The summed E-state index contributed by atoms with van der Waals surface area (Å²) in [5.74, 6) is 1.73. The number of fused-ring (bicyclic) bond motifs is 7. The quantitative estimate of drug-likeness (QED) is 0.168. The first-order chi connectivity index (χ1) is 32.2. The molecule has 0 saturated carbocycles. The second-order valence-electron chi connectivity index (χ2n) is 16.7. The Kier molecular flexibility index (Phi) is 8.50. The topological polar surface area (TPSA) is 51.8 Å². The molecule has 4 heteroatoms. The van der Waals surface area contributed by atoms with Crippen molar-refractivity contribution in [1.29, 1.82) is 0 Å². The van der Waals surface area contributed by atoms with Gasteiger partial charge in [-0.1, -0.05) is 182 Å². The molecule has 13 rings (SSSR count). The molecule has 0 aliphatic carbocycles. The van der Waals surface area contributed by atoms with Gasteiger partial charge in [0.2, 0.25) is 0 Å². The number of aromatic nitrogens is 3. The summed E-state index contributed by atoms with van der Waals surface area (Å²) in [5.41, 5.74) is 11.2. The number of hydrogen-bond donors (Lipinski definition) is 0. The number of furan rings is 1. The Morgan fingerprint density at radius 3 is 1.63 bits per heavy atom. The van der Waals surface area contributed by atoms with Gasteiger partial charge >= 0.3 is 0 Å². The molecule has 0 N–H and O–H groups in total. The van der Waals surface area contributed by atoms with Gasteiger partial charge in [0.05, 0.1) is 5.56 Å². The van der Waals surface area contributed by atoms with Crippen LogP contribution in [-0.2, 0) is 0 Å². The molecule has 65 heavy (non-hydrogen) atoms. The molecule has 0 amide bonds. The largest absolute Gasteiger partial charge is 0.455 e. The van der Waals surface area contributed by atoms with Gasteiger partial charge < -0.3 is 4.42 Å². The Balaban J connectivity index is 1.03. The molecular formula is C61H37N3O. The van der Waals surface area contributed by atoms with E-state index in [-0.39, 0.29) is 0 Å². The summed E-state index contributed by atoms with van der Waals surface area (Å²) in [6.07, 6.45) is 0. The second-order valence-corrected chi connectivity index (χ2v) is 16.7. The second kappa shape index (κ2) is 15.0. The first-order valence-corrected chi connectivity index (χ1v) is 22.0. The van der Waals surface area contributed by atoms with E-state index in [0.29, 0.717) is 17.5 Å². The van der Waals surface area contributed by atoms with Crippen LogP contribution in [0.3, 0.4) is 0 Å². The van der Waals surface area contributed by atoms with Crippen molar-refractivity contribution in [3.05, 3.63) is 224 Å². The molecule has 0 bridgehead atoms. The van der Waals surface area contributed by atoms with E-state index in [9.17, 15) is 0 Å². The van der Waals surface area contributed by atoms with Gasteiger partial charge in [-0.3, -0.25) is 0 Å². The highest BCUT2D eigenvalue weighted by Gasteiger charge is 2.21. The molecule has 0 fully saturated rings. The van der Waals surface area contributed by atoms with Crippen LogP contribution < -0.4 is 0 Å². The number of para-hydroxylation sites is 2. The van der Waals surface area contributed by atoms with E-state index in [1.54, 1.807) is 0 Å². The van der Waals surface area contributed by atoms with Crippen LogP contribution in [0.25, 0.3) is 133 Å². The van der Waals surface area contributed by atoms with Crippen LogP contribution >= 0.6 is 0 Å². The maximum Gasteiger partial charge on any atom is 0.167 e. The van der Waals surface area contributed by atoms with Gasteiger partial charge in [0.15, 0.2) is 17.5 Å². The summed E-state index contributed by atoms with van der Waals surface area (Å²) < 4.78 is 6.60. The SMILES string of the molecule is c1ccc(-c2cc(-c3ccc4cccc(-c5nc(-c6ccc(-c7ccc8ccccc8c7)c7ccccc67)nc(-c6cccc7c6oc6ccccc67)n5)c4c3)cc3ccccc23)cc1. The van der Waals surface area contributed by atoms with E-state index >= 15 is 0 Å². The predicted octanol–water partition coefficient (Wildman–Crippen LogP) is 16.4. The minimum absolute atomic E-state index is 0.549. The third-order valence-corrected chi connectivity index (χ3v) is 12.9. The van der Waals surface area contributed by atoms with Crippen molar-refractivity contribution < 1.29 is 4.42 Å². The van der Waals surface area contributed by atoms with Crippen LogP contribution in [0.1, 0.15) is 0 Å². The van der Waals surface area contributed by atoms with Gasteiger partial charge in [-0.05, 0) is 119 Å². The molecule has 0 unspecified atom stereocenters. The fraction of sp³-hybridized carbons (Fsp3) is 0. The van der Waals surface area contributed by atoms with Gasteiger partial charge in [-0.15, -0.1) is 0 Å². The van der Waals surface area contributed by atoms with Crippen LogP contribution in [0, 0.1) is 0 Å². The molecule has 2 aromatic heterocycles. The normalized spacial score (nSPS) is 11.7. The lowest BCUT2D eigenvalue weighted by Crippen LogP contribution is -2.01. The number of nitrogens with zero attached hydrogens (tertiary/aromatic N) is 3. The zero-order chi connectivity index (χ0) is 42.8. The lowest BCUT2D eigenvalue weighted by molar-refractivity contribution is 0.669. The predicted molar refractivity (Wildman–Crippen MR) is 270 cm³/mol. The Morgan fingerprint density at radius 1 is 0.246 bits per heavy atom. The molecule has 0 aliphatic rings. The van der Waals surface area contributed by atoms with E-state index < -0.39 is 0 Å². The summed E-state index contributed by atoms with van der Waals surface area (Å²) in [6, 6.07) is 79.6. The lowest BCUT2D eigenvalue weighted by atomic mass is 9.91. The Hall–Kier alpha value is -8.73. The molecule has 4 nitrogen and oxygen atoms in total. The monoisotopic (exact) mass is 827 g/mol. The minimum Gasteiger partial charge on any atom is -0.455 e. The maximum absolute atomic E-state index is 6.60. The van der Waals surface area contributed by atoms with E-state index in [1.165, 1.54) is 32.7 Å². The van der Waals surface area contributed by atoms with Crippen LogP contribution in [0.4, 0.5) is 0 Å². The summed E-state index contributed by atoms with van der Waals surface area (Å²) >= 11 is 0. The zero-order valence-corrected chi connectivity index (χ0v) is 35.1. The van der Waals surface area contributed by atoms with Crippen molar-refractivity contribution in [1.82, 2.24) is 15.0 Å². The fourth-order valence-electron chi connectivity index (χ4n) is 9.74. The van der Waals surface area contributed by atoms with Gasteiger partial charge in [0.25, 0.3) is 0 Å². The van der Waals surface area contributed by atoms with Crippen molar-refractivity contribution in [3.63, 3.8) is 0 Å². The molecule has 0 saturated heterocycles. The lowest BCUT2D eigenvalue weighted by Gasteiger charge is -2.15. The number of benzene rings is 11. The van der Waals surface area contributed by atoms with E-state index in [0.717, 1.165) is 82.4 Å². The molecule has 0 radical (unpaired) electrons. The van der Waals surface area contributed by atoms with Crippen molar-refractivity contribution in [3.8, 4) is 67.5 Å². The average Bonchev–Trinajstić information content (AvgIpc) is 3.77. The van der Waals surface area contributed by atoms with E-state index in [2.05, 4.69) is 206 Å². The Morgan fingerprint density at radius 2 is 0.800 bits per heavy atom. The third-order valence-electron chi connectivity index (χ3n) is 12.9. The summed E-state index contributed by atoms with van der Waals surface area (Å²) in [7, 11) is 0. The van der Waals surface area contributed by atoms with Crippen LogP contribution in [0.15, 0.2) is 229 Å². The van der Waals surface area contributed by atoms with Crippen molar-refractivity contribution in [2.45, 2.75) is 0 Å². The van der Waals surface area contributed by atoms with Crippen molar-refractivity contribution in [2.24, 2.45) is 0 Å². The highest BCUT2D eigenvalue weighted by atomic mass is 16.3. The highest BCUT2D eigenvalue weighted by molar-refractivity contribution is 6.10. The summed E-state index contributed by atoms with van der Waals surface area (Å²) in [5, 5.41) is 11.3. The first kappa shape index (κ1) is 36.9. The first-order valence-electron chi connectivity index (χ1n) is 22.0. The third kappa shape index (κ3) is 6.26. The standard InChI is InChI=1S/C61H37N3O/c1-2-15-39(16-3-1)55-37-45(35-43-18-6-7-20-46(43)55)42-30-29-40-19-12-25-52(56(40)36-42)59-62-60(64-61(63-59)54-26-13-24-51-50-23-10-11-27-57(50)65-58(51)54)53-33-32-47(48-21-8-9-22-49(48)53)44-31-28-38-14-4-5-17-41(38)34-44/h1-37H. The van der Waals surface area contributed by atoms with Gasteiger partial charge in [-0.2, -0.15) is 0 Å². The molecule has 0 spiro atoms. The van der Waals surface area contributed by atoms with Crippen LogP contribution in [-0.4, -0.2) is 15.0 Å². The minimum atomic E-state index is 0.549. The zero-order valence-electron chi connectivity index (χ0n) is 35.1. The van der Waals surface area contributed by atoms with Crippen LogP contribution in [0.2, 0.25) is 0 Å². The molecule has 0 atom stereocenters. The van der Waals surface area contributed by atoms with Gasteiger partial charge in [0.1, 0.15) is 11.2 Å². The fourth-order valence-corrected chi connectivity index (χ4v) is 9.74. The molecule has 302 valence electrons. The molecule has 0 aliphatic heterocycles. The highest BCUT2D eigenvalue weighted by Crippen LogP contribution is 2.41. The Bertz CT molecular complexity index is 4020. The molecule has 11 aromatic carbocycles. The number of hydrogen-bond acceptors (Lipinski definition) is 4. The maximum atomic E-state index is 6.60. The molecular weight excluding hydrogens is 791 g/mol. The number of rotatable bonds is 6. The average molecular weight is 828 g/mol. The van der Waals surface area contributed by atoms with Crippen LogP contribution in [0.5, 0.6) is 0 Å². The molecule has 2 heterocycles. The van der Waals surface area contributed by atoms with Crippen molar-refractivity contribution in [2.75, 3.05) is 0 Å². The summed E-state index contributed by atoms with van der Waals surface area (Å²) in [4.78, 5) is 16.1. The smallest absolute Gasteiger partial charge is 0.167 e. The van der Waals surface area contributed by atoms with E-state index in [4.69, 9.17) is 19.4 Å². The summed E-state index contributed by atoms with van der Waals surface area (Å²) in [6.45, 7) is 0. The van der Waals surface area contributed by atoms with Gasteiger partial charge in [0, 0.05) is 21.9 Å². The molecule has 13 aromatic rings. The van der Waals surface area contributed by atoms with Crippen molar-refractivity contribution >= 4 is 65.0 Å². The van der Waals surface area contributed by atoms with Gasteiger partial charge in [-0.25, -0.2) is 15.0 Å². The Labute approximate surface area is 374 Å². The van der Waals surface area contributed by atoms with E-state index in [1.807, 2.05) is 18.2 Å².